The van der Waals surface area contributed by atoms with Crippen LogP contribution in [0.4, 0.5) is 0 Å². The van der Waals surface area contributed by atoms with Crippen LogP contribution in [0.25, 0.3) is 0 Å². The molecule has 0 aromatic heterocycles. The van der Waals surface area contributed by atoms with E-state index in [2.05, 4.69) is 9.05 Å². The maximum Gasteiger partial charge on any atom is 2.00 e. The summed E-state index contributed by atoms with van der Waals surface area (Å²) >= 11 is 19.3. The first-order valence-electron chi connectivity index (χ1n) is 5.08. The van der Waals surface area contributed by atoms with Gasteiger partial charge in [-0.3, -0.25) is 0 Å². The number of aliphatic hydroxyl groups is 2. The molecular weight excluding hydrogens is 658 g/mol. The molecule has 0 aromatic rings. The van der Waals surface area contributed by atoms with Crippen molar-refractivity contribution in [2.24, 2.45) is 0 Å². The summed E-state index contributed by atoms with van der Waals surface area (Å²) in [5, 5.41) is 13.1. The molecule has 0 amide bonds. The van der Waals surface area contributed by atoms with E-state index in [-0.39, 0.29) is 113 Å². The number of alkyl halides is 4. The summed E-state index contributed by atoms with van der Waals surface area (Å²) in [5.74, 6) is 0. The first-order chi connectivity index (χ1) is 11.1. The number of hydrogen-bond donors (Lipinski definition) is 2. The van der Waals surface area contributed by atoms with Gasteiger partial charge in [0.15, 0.2) is 15.2 Å². The zero-order valence-corrected chi connectivity index (χ0v) is 26.8. The SMILES string of the molecule is O=P([O-])([O-])C(O)P(=O)([O-])OC(Cl)Cl.O=P([O-])([O-])C(O)P(=O)([O-])OC(Cl)Cl.[Ca+2].[Ca+2].[Ca+2]. The van der Waals surface area contributed by atoms with Crippen LogP contribution in [0, 0.1) is 0 Å². The zero-order chi connectivity index (χ0) is 21.7. The monoisotopic (exact) mass is 662 g/mol. The molecule has 14 nitrogen and oxygen atoms in total. The van der Waals surface area contributed by atoms with Crippen LogP contribution in [0.5, 0.6) is 0 Å². The van der Waals surface area contributed by atoms with Gasteiger partial charge in [0.25, 0.3) is 0 Å². The molecule has 0 aliphatic rings. The Labute approximate surface area is 273 Å². The Morgan fingerprint density at radius 2 is 0.759 bits per heavy atom. The molecule has 0 radical (unpaired) electrons. The molecule has 29 heavy (non-hydrogen) atoms. The van der Waals surface area contributed by atoms with Crippen molar-refractivity contribution < 1.29 is 66.9 Å². The minimum Gasteiger partial charge on any atom is -0.809 e. The third-order valence-corrected chi connectivity index (χ3v) is 9.10. The van der Waals surface area contributed by atoms with Crippen molar-refractivity contribution in [3.63, 3.8) is 0 Å². The van der Waals surface area contributed by atoms with Gasteiger partial charge in [-0.05, 0) is 15.2 Å². The molecule has 0 bridgehead atoms. The molecule has 0 fully saturated rings. The summed E-state index contributed by atoms with van der Waals surface area (Å²) < 4.78 is 48.6. The second-order valence-corrected chi connectivity index (χ2v) is 13.1. The van der Waals surface area contributed by atoms with Crippen molar-refractivity contribution in [3.05, 3.63) is 0 Å². The molecule has 4 unspecified atom stereocenters. The Morgan fingerprint density at radius 1 is 0.586 bits per heavy atom. The molecule has 160 valence electrons. The maximum absolute atomic E-state index is 10.6. The largest absolute Gasteiger partial charge is 2.00 e. The van der Waals surface area contributed by atoms with E-state index in [1.807, 2.05) is 0 Å². The topological polar surface area (TPSA) is 266 Å². The fraction of sp³-hybridized carbons (Fsp3) is 1.00. The molecule has 0 spiro atoms. The van der Waals surface area contributed by atoms with Crippen LogP contribution >= 0.6 is 76.8 Å². The van der Waals surface area contributed by atoms with Crippen LogP contribution in [-0.4, -0.2) is 145 Å². The van der Waals surface area contributed by atoms with Crippen molar-refractivity contribution in [1.82, 2.24) is 0 Å². The van der Waals surface area contributed by atoms with Gasteiger partial charge in [-0.1, -0.05) is 46.4 Å². The van der Waals surface area contributed by atoms with Gasteiger partial charge in [0.1, 0.15) is 11.2 Å². The average molecular weight is 664 g/mol. The molecule has 0 aromatic carbocycles. The number of aliphatic hydroxyl groups excluding tert-OH is 2. The van der Waals surface area contributed by atoms with Crippen molar-refractivity contribution >= 4 is 190 Å². The quantitative estimate of drug-likeness (QED) is 0.142. The van der Waals surface area contributed by atoms with Crippen molar-refractivity contribution in [3.8, 4) is 0 Å². The summed E-state index contributed by atoms with van der Waals surface area (Å²) in [6, 6.07) is 0. The first-order valence-corrected chi connectivity index (χ1v) is 13.3. The average Bonchev–Trinajstić information content (AvgIpc) is 2.32. The molecule has 0 rings (SSSR count). The second kappa shape index (κ2) is 18.7. The minimum absolute atomic E-state index is 0. The van der Waals surface area contributed by atoms with E-state index < -0.39 is 51.6 Å². The van der Waals surface area contributed by atoms with E-state index in [9.17, 15) is 47.6 Å². The molecule has 0 aliphatic heterocycles. The first kappa shape index (κ1) is 44.5. The van der Waals surface area contributed by atoms with E-state index in [0.29, 0.717) is 0 Å². The minimum atomic E-state index is -5.70. The van der Waals surface area contributed by atoms with Gasteiger partial charge in [-0.2, -0.15) is 0 Å². The zero-order valence-electron chi connectivity index (χ0n) is 13.5. The summed E-state index contributed by atoms with van der Waals surface area (Å²) in [4.78, 5) is 61.4. The van der Waals surface area contributed by atoms with Gasteiger partial charge in [0.2, 0.25) is 10.0 Å². The summed E-state index contributed by atoms with van der Waals surface area (Å²) in [6.45, 7) is 0. The van der Waals surface area contributed by atoms with Crippen molar-refractivity contribution in [1.29, 1.82) is 0 Å². The second-order valence-electron chi connectivity index (χ2n) is 3.58. The van der Waals surface area contributed by atoms with E-state index in [0.717, 1.165) is 0 Å². The summed E-state index contributed by atoms with van der Waals surface area (Å²) in [7, 11) is -22.0. The number of halogens is 4. The summed E-state index contributed by atoms with van der Waals surface area (Å²) in [5.41, 5.74) is -6.36. The molecule has 0 aliphatic carbocycles. The normalized spacial score (nSPS) is 17.9. The van der Waals surface area contributed by atoms with Crippen LogP contribution in [0.2, 0.25) is 0 Å². The van der Waals surface area contributed by atoms with Crippen LogP contribution < -0.4 is 29.4 Å². The number of hydrogen-bond acceptors (Lipinski definition) is 14. The van der Waals surface area contributed by atoms with E-state index in [4.69, 9.17) is 56.6 Å². The van der Waals surface area contributed by atoms with Gasteiger partial charge in [0.05, 0.1) is 0 Å². The smallest absolute Gasteiger partial charge is 0.809 e. The van der Waals surface area contributed by atoms with Crippen LogP contribution in [0.3, 0.4) is 0 Å². The Hall–Kier alpha value is 5.46. The van der Waals surface area contributed by atoms with Gasteiger partial charge >= 0.3 is 113 Å². The number of rotatable bonds is 8. The third-order valence-electron chi connectivity index (χ3n) is 1.58. The van der Waals surface area contributed by atoms with Crippen LogP contribution in [-0.2, 0) is 27.3 Å². The Kier molecular flexibility index (Phi) is 28.6. The van der Waals surface area contributed by atoms with E-state index >= 15 is 0 Å². The standard InChI is InChI=1S/2C2H6Cl2O7P2.3Ca/c2*3-1(4)11-13(9,10)2(5)12(6,7)8;;;/h2*1-2,5H,(H,9,10)(H2,6,7,8);;;/q;;3*+2/p-6. The fourth-order valence-electron chi connectivity index (χ4n) is 0.677. The predicted molar refractivity (Wildman–Crippen MR) is 92.9 cm³/mol. The van der Waals surface area contributed by atoms with Crippen molar-refractivity contribution in [2.75, 3.05) is 0 Å². The van der Waals surface area contributed by atoms with Gasteiger partial charge in [0, 0.05) is 0 Å². The Balaban J connectivity index is -0.000000120. The van der Waals surface area contributed by atoms with Crippen LogP contribution in [0.15, 0.2) is 0 Å². The fourth-order valence-corrected chi connectivity index (χ4v) is 5.77. The van der Waals surface area contributed by atoms with Gasteiger partial charge < -0.3 is 66.9 Å². The van der Waals surface area contributed by atoms with E-state index in [1.165, 1.54) is 0 Å². The van der Waals surface area contributed by atoms with E-state index in [1.54, 1.807) is 0 Å². The summed E-state index contributed by atoms with van der Waals surface area (Å²) in [6.07, 6.45) is 0. The Bertz CT molecular complexity index is 586. The molecule has 0 heterocycles. The predicted octanol–water partition coefficient (Wildman–Crippen LogP) is -4.13. The molecule has 4 atom stereocenters. The van der Waals surface area contributed by atoms with Gasteiger partial charge in [-0.15, -0.1) is 0 Å². The molecule has 2 N–H and O–H groups in total. The molecular formula is C4H6Ca3Cl4O14P4. The Morgan fingerprint density at radius 3 is 0.862 bits per heavy atom. The van der Waals surface area contributed by atoms with Crippen molar-refractivity contribution in [2.45, 2.75) is 21.2 Å². The molecule has 0 saturated carbocycles. The van der Waals surface area contributed by atoms with Crippen LogP contribution in [0.1, 0.15) is 0 Å². The third kappa shape index (κ3) is 21.3. The molecule has 25 heteroatoms. The van der Waals surface area contributed by atoms with Gasteiger partial charge in [-0.25, -0.2) is 0 Å². The molecule has 0 saturated heterocycles. The maximum atomic E-state index is 10.6.